The Balaban J connectivity index is 2.08. The first-order chi connectivity index (χ1) is 5.89. The Kier molecular flexibility index (Phi) is 1.14. The molecule has 0 aromatic rings. The zero-order chi connectivity index (χ0) is 9.48. The van der Waals surface area contributed by atoms with Crippen LogP contribution in [0.5, 0.6) is 0 Å². The molecule has 3 aliphatic rings. The summed E-state index contributed by atoms with van der Waals surface area (Å²) in [5.41, 5.74) is -0.584. The first-order valence-electron chi connectivity index (χ1n) is 4.95. The summed E-state index contributed by atoms with van der Waals surface area (Å²) in [7, 11) is 0. The highest BCUT2D eigenvalue weighted by Crippen LogP contribution is 2.63. The van der Waals surface area contributed by atoms with Crippen LogP contribution in [0.15, 0.2) is 0 Å². The maximum absolute atomic E-state index is 9.84. The van der Waals surface area contributed by atoms with Crippen LogP contribution in [0.25, 0.3) is 0 Å². The van der Waals surface area contributed by atoms with Crippen LogP contribution in [0.1, 0.15) is 33.6 Å². The number of aliphatic hydroxyl groups excluding tert-OH is 1. The van der Waals surface area contributed by atoms with Crippen molar-refractivity contribution in [2.24, 2.45) is 0 Å². The summed E-state index contributed by atoms with van der Waals surface area (Å²) < 4.78 is 11.8. The van der Waals surface area contributed by atoms with Crippen LogP contribution in [-0.2, 0) is 9.47 Å². The van der Waals surface area contributed by atoms with Crippen molar-refractivity contribution < 1.29 is 14.6 Å². The monoisotopic (exact) mass is 184 g/mol. The van der Waals surface area contributed by atoms with Gasteiger partial charge in [0.15, 0.2) is 0 Å². The molecule has 0 spiro atoms. The van der Waals surface area contributed by atoms with E-state index < -0.39 is 0 Å². The van der Waals surface area contributed by atoms with E-state index in [1.165, 1.54) is 0 Å². The molecule has 3 heteroatoms. The van der Waals surface area contributed by atoms with E-state index in [9.17, 15) is 5.11 Å². The van der Waals surface area contributed by atoms with E-state index in [2.05, 4.69) is 20.8 Å². The lowest BCUT2D eigenvalue weighted by atomic mass is 9.74. The Bertz CT molecular complexity index is 275. The van der Waals surface area contributed by atoms with Crippen LogP contribution in [0.3, 0.4) is 0 Å². The van der Waals surface area contributed by atoms with E-state index in [1.807, 2.05) is 0 Å². The fraction of sp³-hybridized carbons (Fsp3) is 1.00. The van der Waals surface area contributed by atoms with Crippen LogP contribution in [-0.4, -0.2) is 34.1 Å². The number of hydrogen-bond acceptors (Lipinski definition) is 3. The van der Waals surface area contributed by atoms with Gasteiger partial charge in [0.1, 0.15) is 17.3 Å². The van der Waals surface area contributed by atoms with Crippen molar-refractivity contribution in [3.8, 4) is 0 Å². The minimum absolute atomic E-state index is 0.104. The molecule has 13 heavy (non-hydrogen) atoms. The van der Waals surface area contributed by atoms with Gasteiger partial charge in [0.05, 0.1) is 11.7 Å². The van der Waals surface area contributed by atoms with Gasteiger partial charge < -0.3 is 14.6 Å². The zero-order valence-corrected chi connectivity index (χ0v) is 8.33. The van der Waals surface area contributed by atoms with Crippen LogP contribution in [0, 0.1) is 0 Å². The van der Waals surface area contributed by atoms with Gasteiger partial charge in [-0.3, -0.25) is 0 Å². The number of fused-ring (bicyclic) bond motifs is 1. The molecule has 3 rings (SSSR count). The van der Waals surface area contributed by atoms with Gasteiger partial charge in [0, 0.05) is 12.8 Å². The standard InChI is InChI=1S/C10H16O3/c1-8-4-6(11)7-10(3,13-8)9(2,5-8)12-7/h6-7,11H,4-5H2,1-3H3. The van der Waals surface area contributed by atoms with Gasteiger partial charge in [-0.2, -0.15) is 0 Å². The lowest BCUT2D eigenvalue weighted by Crippen LogP contribution is -2.73. The molecule has 0 saturated carbocycles. The topological polar surface area (TPSA) is 38.7 Å². The highest BCUT2D eigenvalue weighted by Gasteiger charge is 2.76. The quantitative estimate of drug-likeness (QED) is 0.606. The summed E-state index contributed by atoms with van der Waals surface area (Å²) >= 11 is 0. The van der Waals surface area contributed by atoms with Crippen molar-refractivity contribution in [2.45, 2.75) is 62.6 Å². The molecular weight excluding hydrogens is 168 g/mol. The molecule has 3 fully saturated rings. The number of hydrogen-bond donors (Lipinski definition) is 1. The molecule has 1 N–H and O–H groups in total. The second-order valence-electron chi connectivity index (χ2n) is 5.38. The molecule has 2 bridgehead atoms. The first-order valence-corrected chi connectivity index (χ1v) is 4.95. The Labute approximate surface area is 78.0 Å². The third kappa shape index (κ3) is 0.694. The number of ether oxygens (including phenoxy) is 2. The summed E-state index contributed by atoms with van der Waals surface area (Å²) in [5, 5.41) is 9.84. The van der Waals surface area contributed by atoms with Crippen molar-refractivity contribution in [1.82, 2.24) is 0 Å². The van der Waals surface area contributed by atoms with Crippen molar-refractivity contribution >= 4 is 0 Å². The van der Waals surface area contributed by atoms with Crippen LogP contribution < -0.4 is 0 Å². The molecule has 5 atom stereocenters. The molecule has 0 aromatic heterocycles. The van der Waals surface area contributed by atoms with Gasteiger partial charge in [0.2, 0.25) is 0 Å². The van der Waals surface area contributed by atoms with E-state index in [4.69, 9.17) is 9.47 Å². The molecule has 74 valence electrons. The maximum atomic E-state index is 9.84. The van der Waals surface area contributed by atoms with Crippen molar-refractivity contribution in [3.05, 3.63) is 0 Å². The van der Waals surface area contributed by atoms with Crippen LogP contribution in [0.2, 0.25) is 0 Å². The Morgan fingerprint density at radius 2 is 2.00 bits per heavy atom. The normalized spacial score (nSPS) is 69.2. The highest BCUT2D eigenvalue weighted by molar-refractivity contribution is 5.24. The predicted octanol–water partition coefficient (Wildman–Crippen LogP) is 0.846. The molecule has 0 aliphatic carbocycles. The molecule has 3 heterocycles. The molecular formula is C10H16O3. The molecule has 0 radical (unpaired) electrons. The van der Waals surface area contributed by atoms with E-state index in [1.54, 1.807) is 0 Å². The second kappa shape index (κ2) is 1.81. The SMILES string of the molecule is CC12CC(O)C3OC(C)(C1)C3(C)O2. The van der Waals surface area contributed by atoms with E-state index in [-0.39, 0.29) is 29.0 Å². The molecule has 3 saturated heterocycles. The summed E-state index contributed by atoms with van der Waals surface area (Å²) in [5.74, 6) is 0. The summed E-state index contributed by atoms with van der Waals surface area (Å²) in [6, 6.07) is 0. The van der Waals surface area contributed by atoms with Crippen LogP contribution >= 0.6 is 0 Å². The average molecular weight is 184 g/mol. The summed E-state index contributed by atoms with van der Waals surface area (Å²) in [4.78, 5) is 0. The molecule has 3 nitrogen and oxygen atoms in total. The van der Waals surface area contributed by atoms with Gasteiger partial charge in [-0.05, 0) is 20.8 Å². The second-order valence-corrected chi connectivity index (χ2v) is 5.38. The van der Waals surface area contributed by atoms with E-state index in [0.29, 0.717) is 6.42 Å². The van der Waals surface area contributed by atoms with Crippen molar-refractivity contribution in [3.63, 3.8) is 0 Å². The lowest BCUT2D eigenvalue weighted by molar-refractivity contribution is -0.360. The van der Waals surface area contributed by atoms with Gasteiger partial charge >= 0.3 is 0 Å². The predicted molar refractivity (Wildman–Crippen MR) is 46.4 cm³/mol. The number of aliphatic hydroxyl groups is 1. The Morgan fingerprint density at radius 3 is 2.69 bits per heavy atom. The smallest absolute Gasteiger partial charge is 0.123 e. The van der Waals surface area contributed by atoms with Gasteiger partial charge in [-0.25, -0.2) is 0 Å². The van der Waals surface area contributed by atoms with Crippen LogP contribution in [0.4, 0.5) is 0 Å². The Hall–Kier alpha value is -0.120. The largest absolute Gasteiger partial charge is 0.390 e. The number of rotatable bonds is 0. The fourth-order valence-electron chi connectivity index (χ4n) is 3.51. The van der Waals surface area contributed by atoms with Gasteiger partial charge in [-0.1, -0.05) is 0 Å². The van der Waals surface area contributed by atoms with Gasteiger partial charge in [-0.15, -0.1) is 0 Å². The van der Waals surface area contributed by atoms with Crippen molar-refractivity contribution in [2.75, 3.05) is 0 Å². The molecule has 3 aliphatic heterocycles. The minimum Gasteiger partial charge on any atom is -0.390 e. The molecule has 0 aromatic carbocycles. The average Bonchev–Trinajstić information content (AvgIpc) is 2.09. The summed E-state index contributed by atoms with van der Waals surface area (Å²) in [6.07, 6.45) is 1.17. The first kappa shape index (κ1) is 8.21. The lowest BCUT2D eigenvalue weighted by Gasteiger charge is -2.58. The van der Waals surface area contributed by atoms with E-state index >= 15 is 0 Å². The minimum atomic E-state index is -0.348. The zero-order valence-electron chi connectivity index (χ0n) is 8.33. The highest BCUT2D eigenvalue weighted by atomic mass is 16.7. The third-order valence-corrected chi connectivity index (χ3v) is 4.14. The Morgan fingerprint density at radius 1 is 1.31 bits per heavy atom. The maximum Gasteiger partial charge on any atom is 0.123 e. The summed E-state index contributed by atoms with van der Waals surface area (Å²) in [6.45, 7) is 6.23. The third-order valence-electron chi connectivity index (χ3n) is 4.14. The molecule has 0 amide bonds. The fourth-order valence-corrected chi connectivity index (χ4v) is 3.51. The molecule has 5 unspecified atom stereocenters. The van der Waals surface area contributed by atoms with E-state index in [0.717, 1.165) is 6.42 Å². The van der Waals surface area contributed by atoms with Crippen molar-refractivity contribution in [1.29, 1.82) is 0 Å². The van der Waals surface area contributed by atoms with Gasteiger partial charge in [0.25, 0.3) is 0 Å².